The van der Waals surface area contributed by atoms with Crippen LogP contribution in [-0.2, 0) is 0 Å². The number of benzene rings is 6. The van der Waals surface area contributed by atoms with E-state index in [0.717, 1.165) is 69.8 Å². The molecule has 4 aliphatic rings. The van der Waals surface area contributed by atoms with Gasteiger partial charge in [-0.3, -0.25) is 4.99 Å². The molecule has 6 aromatic carbocycles. The zero-order valence-electron chi connectivity index (χ0n) is 43.7. The van der Waals surface area contributed by atoms with E-state index in [1.54, 1.807) is 0 Å². The molecule has 4 atom stereocenters. The molecule has 0 saturated heterocycles. The van der Waals surface area contributed by atoms with Crippen molar-refractivity contribution in [2.75, 3.05) is 72.9 Å². The first-order chi connectivity index (χ1) is 35.4. The molecule has 1 N–H and O–H groups in total. The summed E-state index contributed by atoms with van der Waals surface area (Å²) >= 11 is 0. The number of anilines is 4. The monoisotopic (exact) mass is 950 g/mol. The van der Waals surface area contributed by atoms with Gasteiger partial charge in [-0.2, -0.15) is 0 Å². The van der Waals surface area contributed by atoms with E-state index in [1.807, 2.05) is 0 Å². The smallest absolute Gasteiger partial charge is 0.0653 e. The molecule has 0 amide bonds. The van der Waals surface area contributed by atoms with Gasteiger partial charge in [-0.1, -0.05) is 121 Å². The van der Waals surface area contributed by atoms with Gasteiger partial charge < -0.3 is 20.0 Å². The maximum absolute atomic E-state index is 5.49. The zero-order chi connectivity index (χ0) is 49.6. The molecule has 0 heterocycles. The predicted molar refractivity (Wildman–Crippen MR) is 312 cm³/mol. The first-order valence-corrected chi connectivity index (χ1v) is 27.3. The van der Waals surface area contributed by atoms with Crippen molar-refractivity contribution < 1.29 is 0 Å². The maximum atomic E-state index is 5.49. The third-order valence-corrected chi connectivity index (χ3v) is 16.5. The summed E-state index contributed by atoms with van der Waals surface area (Å²) in [6.45, 7) is 18.0. The van der Waals surface area contributed by atoms with E-state index in [2.05, 4.69) is 232 Å². The van der Waals surface area contributed by atoms with Gasteiger partial charge in [0.25, 0.3) is 0 Å². The predicted octanol–water partition coefficient (Wildman–Crippen LogP) is 15.8. The molecule has 4 unspecified atom stereocenters. The number of fused-ring (bicyclic) bond motifs is 4. The van der Waals surface area contributed by atoms with Crippen molar-refractivity contribution >= 4 is 56.0 Å². The van der Waals surface area contributed by atoms with Gasteiger partial charge in [0.1, 0.15) is 0 Å². The summed E-state index contributed by atoms with van der Waals surface area (Å²) in [5.41, 5.74) is 18.7. The van der Waals surface area contributed by atoms with Gasteiger partial charge in [0.05, 0.1) is 5.71 Å². The highest BCUT2D eigenvalue weighted by atomic mass is 15.1. The SMILES string of the molecule is CCN(C)c1ccc(/C(=C2/C=CC(=NCC3CC4CC(CNc5ccc(C(=C6C=CCC=C6)c6ccc(N(CC)CC)cc6)c6ccccc56)C(C3)C4)c3ccccc32)c2ccc(N(CC)CC)cc2)cc1. The first kappa shape index (κ1) is 48.8. The van der Waals surface area contributed by atoms with Gasteiger partial charge in [0.15, 0.2) is 0 Å². The highest BCUT2D eigenvalue weighted by Crippen LogP contribution is 2.49. The summed E-state index contributed by atoms with van der Waals surface area (Å²) < 4.78 is 0. The average Bonchev–Trinajstić information content (AvgIpc) is 3.73. The lowest BCUT2D eigenvalue weighted by Gasteiger charge is -2.28. The van der Waals surface area contributed by atoms with Gasteiger partial charge in [0, 0.05) is 86.6 Å². The molecule has 4 aliphatic carbocycles. The minimum Gasteiger partial charge on any atom is -0.384 e. The van der Waals surface area contributed by atoms with Crippen LogP contribution in [0.4, 0.5) is 22.7 Å². The number of rotatable bonds is 17. The van der Waals surface area contributed by atoms with E-state index in [0.29, 0.717) is 11.8 Å². The van der Waals surface area contributed by atoms with Crippen LogP contribution in [0.2, 0.25) is 0 Å². The summed E-state index contributed by atoms with van der Waals surface area (Å²) in [5.74, 6) is 2.79. The van der Waals surface area contributed by atoms with Crippen LogP contribution < -0.4 is 20.0 Å². The minimum absolute atomic E-state index is 0.610. The number of aliphatic imine (C=N–C) groups is 1. The van der Waals surface area contributed by atoms with Gasteiger partial charge in [-0.15, -0.1) is 0 Å². The van der Waals surface area contributed by atoms with E-state index >= 15 is 0 Å². The molecule has 2 fully saturated rings. The lowest BCUT2D eigenvalue weighted by molar-refractivity contribution is 0.251. The van der Waals surface area contributed by atoms with Crippen LogP contribution in [-0.4, -0.2) is 58.6 Å². The van der Waals surface area contributed by atoms with Crippen LogP contribution in [0, 0.1) is 23.7 Å². The van der Waals surface area contributed by atoms with Crippen molar-refractivity contribution in [3.63, 3.8) is 0 Å². The Balaban J connectivity index is 0.869. The third kappa shape index (κ3) is 10.1. The van der Waals surface area contributed by atoms with E-state index in [1.165, 1.54) is 115 Å². The van der Waals surface area contributed by atoms with Crippen molar-refractivity contribution in [2.45, 2.75) is 66.7 Å². The van der Waals surface area contributed by atoms with Crippen molar-refractivity contribution in [2.24, 2.45) is 28.7 Å². The van der Waals surface area contributed by atoms with Crippen molar-refractivity contribution in [3.8, 4) is 0 Å². The summed E-state index contributed by atoms with van der Waals surface area (Å²) in [5, 5.41) is 6.63. The largest absolute Gasteiger partial charge is 0.384 e. The number of nitrogens with one attached hydrogen (secondary N) is 1. The van der Waals surface area contributed by atoms with Crippen molar-refractivity contribution in [3.05, 3.63) is 209 Å². The Morgan fingerprint density at radius 3 is 1.75 bits per heavy atom. The molecule has 368 valence electrons. The summed E-state index contributed by atoms with van der Waals surface area (Å²) in [7, 11) is 2.16. The molecule has 5 heteroatoms. The molecule has 0 aromatic heterocycles. The van der Waals surface area contributed by atoms with Crippen molar-refractivity contribution in [1.29, 1.82) is 0 Å². The van der Waals surface area contributed by atoms with Crippen LogP contribution in [0.3, 0.4) is 0 Å². The number of nitrogens with zero attached hydrogens (tertiary/aromatic N) is 4. The van der Waals surface area contributed by atoms with E-state index in [4.69, 9.17) is 4.99 Å². The molecule has 2 bridgehead atoms. The molecule has 5 nitrogen and oxygen atoms in total. The molecule has 6 aromatic rings. The van der Waals surface area contributed by atoms with Gasteiger partial charge >= 0.3 is 0 Å². The Morgan fingerprint density at radius 2 is 1.12 bits per heavy atom. The van der Waals surface area contributed by atoms with Crippen LogP contribution in [0.5, 0.6) is 0 Å². The summed E-state index contributed by atoms with van der Waals surface area (Å²) in [6.07, 6.45) is 20.0. The van der Waals surface area contributed by atoms with Gasteiger partial charge in [-0.25, -0.2) is 0 Å². The summed E-state index contributed by atoms with van der Waals surface area (Å²) in [6, 6.07) is 50.3. The van der Waals surface area contributed by atoms with Crippen LogP contribution in [0.25, 0.3) is 27.5 Å². The molecular weight excluding hydrogens is 875 g/mol. The fourth-order valence-electron chi connectivity index (χ4n) is 12.6. The maximum Gasteiger partial charge on any atom is 0.0653 e. The fourth-order valence-corrected chi connectivity index (χ4v) is 12.6. The zero-order valence-corrected chi connectivity index (χ0v) is 43.7. The summed E-state index contributed by atoms with van der Waals surface area (Å²) in [4.78, 5) is 12.6. The highest BCUT2D eigenvalue weighted by Gasteiger charge is 2.40. The van der Waals surface area contributed by atoms with Gasteiger partial charge in [0.2, 0.25) is 0 Å². The lowest BCUT2D eigenvalue weighted by atomic mass is 9.79. The standard InChI is InChI=1S/C67H75N5/c1-7-70(6)55-31-25-50(26-32-55)67(52-29-35-57(36-30-52)72(10-4)11-5)63-37-39-64(60-23-17-15-21-58(60)63)68-45-48-41-47-42-53(44-48)54(43-47)46-69-65-40-38-62(59-22-16-18-24-61(59)65)66(49-19-13-12-14-20-49)51-27-33-56(34-28-51)71(8-2)9-3/h13-40,47-48,53-54,69H,7-12,41-46H2,1-6H3/b67-63+,68-64?. The second kappa shape index (κ2) is 22.3. The fraction of sp³-hybridized carbons (Fsp3) is 0.328. The molecule has 0 spiro atoms. The normalized spacial score (nSPS) is 20.2. The number of allylic oxidation sites excluding steroid dienone is 8. The van der Waals surface area contributed by atoms with Crippen molar-refractivity contribution in [1.82, 2.24) is 0 Å². The number of hydrogen-bond donors (Lipinski definition) is 1. The Hall–Kier alpha value is -6.85. The van der Waals surface area contributed by atoms with Crippen LogP contribution in [0.1, 0.15) is 100 Å². The molecule has 0 radical (unpaired) electrons. The second-order valence-electron chi connectivity index (χ2n) is 20.5. The Labute approximate surface area is 431 Å². The molecular formula is C67H75N5. The Kier molecular flexibility index (Phi) is 15.1. The van der Waals surface area contributed by atoms with Crippen LogP contribution in [0.15, 0.2) is 180 Å². The molecule has 0 aliphatic heterocycles. The molecule has 10 rings (SSSR count). The molecule has 2 saturated carbocycles. The van der Waals surface area contributed by atoms with E-state index in [9.17, 15) is 0 Å². The Bertz CT molecular complexity index is 3020. The van der Waals surface area contributed by atoms with E-state index < -0.39 is 0 Å². The topological polar surface area (TPSA) is 34.1 Å². The first-order valence-electron chi connectivity index (χ1n) is 27.3. The van der Waals surface area contributed by atoms with Crippen LogP contribution >= 0.6 is 0 Å². The van der Waals surface area contributed by atoms with Gasteiger partial charge in [-0.05, 0) is 194 Å². The minimum atomic E-state index is 0.610. The quantitative estimate of drug-likeness (QED) is 0.0988. The Morgan fingerprint density at radius 1 is 0.542 bits per heavy atom. The highest BCUT2D eigenvalue weighted by molar-refractivity contribution is 6.19. The van der Waals surface area contributed by atoms with E-state index in [-0.39, 0.29) is 0 Å². The molecule has 72 heavy (non-hydrogen) atoms. The number of hydrogen-bond acceptors (Lipinski definition) is 5. The third-order valence-electron chi connectivity index (χ3n) is 16.5. The average molecular weight is 950 g/mol. The second-order valence-corrected chi connectivity index (χ2v) is 20.5. The lowest BCUT2D eigenvalue weighted by Crippen LogP contribution is -2.23.